The highest BCUT2D eigenvalue weighted by molar-refractivity contribution is 5.76. The molecule has 3 heterocycles. The van der Waals surface area contributed by atoms with Gasteiger partial charge in [0.15, 0.2) is 0 Å². The summed E-state index contributed by atoms with van der Waals surface area (Å²) in [5.41, 5.74) is 3.25. The van der Waals surface area contributed by atoms with Gasteiger partial charge in [-0.25, -0.2) is 9.97 Å². The number of benzene rings is 1. The number of carbonyl (C=O) groups is 1. The minimum Gasteiger partial charge on any atom is -0.496 e. The lowest BCUT2D eigenvalue weighted by Gasteiger charge is -2.28. The molecule has 0 unspecified atom stereocenters. The van der Waals surface area contributed by atoms with Gasteiger partial charge in [0.25, 0.3) is 0 Å². The first-order valence-corrected chi connectivity index (χ1v) is 9.72. The Hall–Kier alpha value is -2.47. The van der Waals surface area contributed by atoms with Crippen LogP contribution in [0.15, 0.2) is 30.5 Å². The third-order valence-corrected chi connectivity index (χ3v) is 5.48. The fourth-order valence-electron chi connectivity index (χ4n) is 3.93. The van der Waals surface area contributed by atoms with Crippen LogP contribution in [-0.4, -0.2) is 41.0 Å². The van der Waals surface area contributed by atoms with Crippen molar-refractivity contribution in [2.75, 3.05) is 20.2 Å². The van der Waals surface area contributed by atoms with Crippen molar-refractivity contribution in [1.29, 1.82) is 0 Å². The number of nitrogens with one attached hydrogen (secondary N) is 1. The van der Waals surface area contributed by atoms with Crippen molar-refractivity contribution < 1.29 is 9.53 Å². The van der Waals surface area contributed by atoms with Crippen molar-refractivity contribution >= 4 is 5.91 Å². The highest BCUT2D eigenvalue weighted by atomic mass is 16.5. The molecule has 2 aliphatic heterocycles. The molecule has 2 aliphatic rings. The normalized spacial score (nSPS) is 19.0. The quantitative estimate of drug-likeness (QED) is 0.880. The van der Waals surface area contributed by atoms with Gasteiger partial charge in [0.1, 0.15) is 11.6 Å². The largest absolute Gasteiger partial charge is 0.496 e. The second kappa shape index (κ2) is 8.05. The highest BCUT2D eigenvalue weighted by Gasteiger charge is 2.25. The topological polar surface area (TPSA) is 67.3 Å². The second-order valence-electron chi connectivity index (χ2n) is 7.23. The molecule has 1 aromatic heterocycles. The summed E-state index contributed by atoms with van der Waals surface area (Å²) in [6.07, 6.45) is 6.18. The van der Waals surface area contributed by atoms with Crippen LogP contribution in [0.25, 0.3) is 0 Å². The second-order valence-corrected chi connectivity index (χ2v) is 7.23. The molecule has 1 amide bonds. The molecule has 1 aromatic carbocycles. The number of rotatable bonds is 5. The van der Waals surface area contributed by atoms with Gasteiger partial charge in [-0.15, -0.1) is 0 Å². The zero-order valence-corrected chi connectivity index (χ0v) is 15.8. The molecule has 6 nitrogen and oxygen atoms in total. The molecule has 0 spiro atoms. The van der Waals surface area contributed by atoms with Gasteiger partial charge in [0, 0.05) is 37.7 Å². The fraction of sp³-hybridized carbons (Fsp3) is 0.476. The van der Waals surface area contributed by atoms with E-state index in [0.29, 0.717) is 19.4 Å². The van der Waals surface area contributed by atoms with Crippen LogP contribution in [0.5, 0.6) is 5.75 Å². The number of hydrogen-bond acceptors (Lipinski definition) is 5. The van der Waals surface area contributed by atoms with Gasteiger partial charge >= 0.3 is 0 Å². The van der Waals surface area contributed by atoms with E-state index in [1.54, 1.807) is 7.11 Å². The van der Waals surface area contributed by atoms with E-state index < -0.39 is 0 Å². The lowest BCUT2D eigenvalue weighted by atomic mass is 10.0. The monoisotopic (exact) mass is 366 g/mol. The Balaban J connectivity index is 1.38. The van der Waals surface area contributed by atoms with Crippen molar-refractivity contribution in [3.63, 3.8) is 0 Å². The molecule has 1 saturated heterocycles. The van der Waals surface area contributed by atoms with Gasteiger partial charge in [0.2, 0.25) is 5.91 Å². The Bertz CT molecular complexity index is 818. The van der Waals surface area contributed by atoms with E-state index in [0.717, 1.165) is 54.3 Å². The molecule has 2 aromatic rings. The van der Waals surface area contributed by atoms with Crippen LogP contribution in [0.1, 0.15) is 47.9 Å². The van der Waals surface area contributed by atoms with Crippen molar-refractivity contribution in [2.24, 2.45) is 0 Å². The number of carbonyl (C=O) groups excluding carboxylic acids is 1. The Labute approximate surface area is 160 Å². The molecular formula is C21H26N4O2. The first kappa shape index (κ1) is 17.9. The minimum atomic E-state index is 0.174. The number of nitrogens with zero attached hydrogens (tertiary/aromatic N) is 3. The molecule has 6 heteroatoms. The first-order chi connectivity index (χ1) is 13.2. The number of aryl methyl sites for hydroxylation is 1. The van der Waals surface area contributed by atoms with Crippen LogP contribution >= 0.6 is 0 Å². The zero-order chi connectivity index (χ0) is 18.6. The maximum atomic E-state index is 12.7. The third-order valence-electron chi connectivity index (χ3n) is 5.48. The predicted molar refractivity (Wildman–Crippen MR) is 102 cm³/mol. The van der Waals surface area contributed by atoms with Crippen molar-refractivity contribution in [2.45, 2.75) is 44.7 Å². The van der Waals surface area contributed by atoms with Crippen LogP contribution in [0, 0.1) is 0 Å². The van der Waals surface area contributed by atoms with Gasteiger partial charge in [-0.05, 0) is 37.4 Å². The van der Waals surface area contributed by atoms with Crippen LogP contribution < -0.4 is 10.1 Å². The molecule has 1 atom stereocenters. The molecule has 0 radical (unpaired) electrons. The van der Waals surface area contributed by atoms with Crippen molar-refractivity contribution in [3.05, 3.63) is 53.1 Å². The van der Waals surface area contributed by atoms with E-state index in [1.807, 2.05) is 35.4 Å². The van der Waals surface area contributed by atoms with E-state index in [1.165, 1.54) is 6.42 Å². The summed E-state index contributed by atoms with van der Waals surface area (Å²) in [7, 11) is 1.66. The van der Waals surface area contributed by atoms with Crippen LogP contribution in [0.3, 0.4) is 0 Å². The zero-order valence-electron chi connectivity index (χ0n) is 15.8. The lowest BCUT2D eigenvalue weighted by Crippen LogP contribution is -2.37. The summed E-state index contributed by atoms with van der Waals surface area (Å²) in [6, 6.07) is 8.17. The van der Waals surface area contributed by atoms with Crippen molar-refractivity contribution in [3.8, 4) is 5.75 Å². The van der Waals surface area contributed by atoms with Gasteiger partial charge in [0.05, 0.1) is 18.8 Å². The summed E-state index contributed by atoms with van der Waals surface area (Å²) in [5.74, 6) is 1.92. The van der Waals surface area contributed by atoms with E-state index in [2.05, 4.69) is 10.3 Å². The fourth-order valence-corrected chi connectivity index (χ4v) is 3.93. The van der Waals surface area contributed by atoms with Crippen LogP contribution in [0.2, 0.25) is 0 Å². The average Bonchev–Trinajstić information content (AvgIpc) is 3.26. The average molecular weight is 366 g/mol. The smallest absolute Gasteiger partial charge is 0.223 e. The summed E-state index contributed by atoms with van der Waals surface area (Å²) < 4.78 is 5.38. The molecule has 27 heavy (non-hydrogen) atoms. The van der Waals surface area contributed by atoms with E-state index in [9.17, 15) is 4.79 Å². The van der Waals surface area contributed by atoms with Gasteiger partial charge in [-0.2, -0.15) is 0 Å². The number of ether oxygens (including phenoxy) is 1. The minimum absolute atomic E-state index is 0.174. The molecule has 1 N–H and O–H groups in total. The summed E-state index contributed by atoms with van der Waals surface area (Å²) in [5, 5.41) is 3.45. The molecule has 0 aliphatic carbocycles. The molecular weight excluding hydrogens is 340 g/mol. The first-order valence-electron chi connectivity index (χ1n) is 9.72. The summed E-state index contributed by atoms with van der Waals surface area (Å²) in [4.78, 5) is 23.9. The number of hydrogen-bond donors (Lipinski definition) is 1. The van der Waals surface area contributed by atoms with Crippen LogP contribution in [-0.2, 0) is 24.2 Å². The Morgan fingerprint density at radius 2 is 2.26 bits per heavy atom. The number of aromatic nitrogens is 2. The molecule has 142 valence electrons. The molecule has 0 bridgehead atoms. The van der Waals surface area contributed by atoms with Crippen molar-refractivity contribution in [1.82, 2.24) is 20.2 Å². The third kappa shape index (κ3) is 3.95. The summed E-state index contributed by atoms with van der Waals surface area (Å²) >= 11 is 0. The Morgan fingerprint density at radius 1 is 1.37 bits per heavy atom. The molecule has 0 saturated carbocycles. The van der Waals surface area contributed by atoms with Gasteiger partial charge in [-0.1, -0.05) is 18.2 Å². The number of fused-ring (bicyclic) bond motifs is 1. The SMILES string of the molecule is COc1ccccc1CCC(=O)N1CCc2nc([C@H]3CCCN3)ncc2C1. The van der Waals surface area contributed by atoms with Gasteiger partial charge in [-0.3, -0.25) is 4.79 Å². The van der Waals surface area contributed by atoms with E-state index in [4.69, 9.17) is 9.72 Å². The van der Waals surface area contributed by atoms with Gasteiger partial charge < -0.3 is 15.0 Å². The molecule has 1 fully saturated rings. The lowest BCUT2D eigenvalue weighted by molar-refractivity contribution is -0.132. The highest BCUT2D eigenvalue weighted by Crippen LogP contribution is 2.24. The van der Waals surface area contributed by atoms with E-state index in [-0.39, 0.29) is 11.9 Å². The standard InChI is InChI=1S/C21H26N4O2/c1-27-19-7-3-2-5-15(19)8-9-20(26)25-12-10-17-16(14-25)13-23-21(24-17)18-6-4-11-22-18/h2-3,5,7,13,18,22H,4,6,8-12,14H2,1H3/t18-/m1/s1. The maximum Gasteiger partial charge on any atom is 0.223 e. The number of amides is 1. The number of methoxy groups -OCH3 is 1. The molecule has 4 rings (SSSR count). The van der Waals surface area contributed by atoms with Crippen LogP contribution in [0.4, 0.5) is 0 Å². The predicted octanol–water partition coefficient (Wildman–Crippen LogP) is 2.43. The summed E-state index contributed by atoms with van der Waals surface area (Å²) in [6.45, 7) is 2.38. The number of para-hydroxylation sites is 1. The Kier molecular flexibility index (Phi) is 5.34. The van der Waals surface area contributed by atoms with E-state index >= 15 is 0 Å². The Morgan fingerprint density at radius 3 is 3.07 bits per heavy atom. The maximum absolute atomic E-state index is 12.7.